The predicted molar refractivity (Wildman–Crippen MR) is 318 cm³/mol. The Morgan fingerprint density at radius 2 is 0.680 bits per heavy atom. The molecule has 4 heterocycles. The van der Waals surface area contributed by atoms with Crippen LogP contribution in [0.25, 0.3) is 116 Å². The molecule has 5 nitrogen and oxygen atoms in total. The van der Waals surface area contributed by atoms with Crippen molar-refractivity contribution in [3.8, 4) is 51.0 Å². The number of rotatable bonds is 6. The number of aryl methyl sites for hydroxylation is 4. The first-order valence-corrected chi connectivity index (χ1v) is 26.4. The molecule has 0 fully saturated rings. The van der Waals surface area contributed by atoms with Crippen molar-refractivity contribution in [3.05, 3.63) is 221 Å². The Hall–Kier alpha value is -8.54. The molecule has 0 aliphatic rings. The van der Waals surface area contributed by atoms with Crippen LogP contribution >= 0.6 is 0 Å². The molecule has 9 aromatic carbocycles. The highest BCUT2D eigenvalue weighted by Crippen LogP contribution is 2.46. The highest BCUT2D eigenvalue weighted by atomic mass is 15.1. The second-order valence-corrected chi connectivity index (χ2v) is 22.9. The van der Waals surface area contributed by atoms with Gasteiger partial charge < -0.3 is 13.7 Å². The summed E-state index contributed by atoms with van der Waals surface area (Å²) in [6.07, 6.45) is 0. The molecule has 0 saturated heterocycles. The van der Waals surface area contributed by atoms with E-state index >= 15 is 0 Å². The van der Waals surface area contributed by atoms with Crippen molar-refractivity contribution in [1.29, 1.82) is 0 Å². The fourth-order valence-electron chi connectivity index (χ4n) is 12.1. The third kappa shape index (κ3) is 7.34. The number of hydrogen-bond donors (Lipinski definition) is 0. The predicted octanol–water partition coefficient (Wildman–Crippen LogP) is 18.6. The van der Waals surface area contributed by atoms with E-state index in [1.807, 2.05) is 0 Å². The zero-order chi connectivity index (χ0) is 51.7. The van der Waals surface area contributed by atoms with E-state index in [4.69, 9.17) is 9.97 Å². The first kappa shape index (κ1) is 46.3. The van der Waals surface area contributed by atoms with E-state index in [1.54, 1.807) is 0 Å². The number of para-hydroxylation sites is 4. The molecule has 0 amide bonds. The van der Waals surface area contributed by atoms with Gasteiger partial charge in [0.05, 0.1) is 61.6 Å². The molecule has 4 aromatic heterocycles. The molecule has 0 aliphatic carbocycles. The maximum absolute atomic E-state index is 5.70. The van der Waals surface area contributed by atoms with Crippen molar-refractivity contribution in [2.45, 2.75) is 80.1 Å². The van der Waals surface area contributed by atoms with Crippen LogP contribution in [-0.2, 0) is 10.8 Å². The Balaban J connectivity index is 1.27. The van der Waals surface area contributed by atoms with E-state index in [0.717, 1.165) is 89.4 Å². The van der Waals surface area contributed by atoms with E-state index in [9.17, 15) is 0 Å². The molecular formula is C70H61N5. The molecule has 13 aromatic rings. The SMILES string of the molecule is Cc1cccc(C)c1-c1cc(-c2cc(-n3c4ccccc4c4ccccc43)c(-n3c4ccc(C(C)(C)C)cc4c4cc(C(C)(C)C)ccc43)c(-n3c4ccccc4c4ccccc43)c2)nc(-c2c(C)cccc2C)n1. The van der Waals surface area contributed by atoms with Crippen molar-refractivity contribution in [1.82, 2.24) is 23.7 Å². The van der Waals surface area contributed by atoms with Crippen molar-refractivity contribution >= 4 is 65.4 Å². The zero-order valence-corrected chi connectivity index (χ0v) is 44.6. The Morgan fingerprint density at radius 3 is 1.08 bits per heavy atom. The van der Waals surface area contributed by atoms with E-state index in [1.165, 1.54) is 54.6 Å². The summed E-state index contributed by atoms with van der Waals surface area (Å²) in [7, 11) is 0. The highest BCUT2D eigenvalue weighted by molar-refractivity contribution is 6.14. The third-order valence-corrected chi connectivity index (χ3v) is 15.9. The summed E-state index contributed by atoms with van der Waals surface area (Å²) in [6, 6.07) is 70.0. The molecule has 0 bridgehead atoms. The molecule has 0 spiro atoms. The van der Waals surface area contributed by atoms with Crippen LogP contribution in [0, 0.1) is 27.7 Å². The van der Waals surface area contributed by atoms with E-state index in [2.05, 4.69) is 271 Å². The Labute approximate surface area is 439 Å². The van der Waals surface area contributed by atoms with Gasteiger partial charge in [-0.15, -0.1) is 0 Å². The van der Waals surface area contributed by atoms with Crippen LogP contribution in [0.5, 0.6) is 0 Å². The average Bonchev–Trinajstić information content (AvgIpc) is 4.05. The van der Waals surface area contributed by atoms with Crippen LogP contribution < -0.4 is 0 Å². The molecule has 0 saturated carbocycles. The standard InChI is InChI=1S/C70H61N5/c1-42-21-19-22-43(2)65(42)56-41-55(71-68(72-56)66-44(3)23-20-24-45(66)4)46-37-63(73-57-29-15-11-25-49(57)50-26-12-16-30-58(50)73)67(64(38-46)74-59-31-17-13-27-51(59)52-28-14-18-32-60(52)74)75-61-35-33-47(69(5,6)7)39-53(61)54-40-48(70(8,9)10)34-36-62(54)75/h11-41H,1-10H3. The number of hydrogen-bond acceptors (Lipinski definition) is 2. The fourth-order valence-corrected chi connectivity index (χ4v) is 12.1. The summed E-state index contributed by atoms with van der Waals surface area (Å²) in [6.45, 7) is 22.6. The van der Waals surface area contributed by atoms with Crippen LogP contribution in [0.1, 0.15) is 74.9 Å². The van der Waals surface area contributed by atoms with Crippen molar-refractivity contribution in [2.75, 3.05) is 0 Å². The summed E-state index contributed by atoms with van der Waals surface area (Å²) in [5.74, 6) is 0.716. The maximum Gasteiger partial charge on any atom is 0.160 e. The van der Waals surface area contributed by atoms with E-state index in [-0.39, 0.29) is 10.8 Å². The number of nitrogens with zero attached hydrogens (tertiary/aromatic N) is 5. The van der Waals surface area contributed by atoms with Gasteiger partial charge in [-0.1, -0.05) is 163 Å². The van der Waals surface area contributed by atoms with Gasteiger partial charge in [-0.3, -0.25) is 0 Å². The smallest absolute Gasteiger partial charge is 0.160 e. The summed E-state index contributed by atoms with van der Waals surface area (Å²) in [5.41, 5.74) is 22.0. The van der Waals surface area contributed by atoms with Crippen molar-refractivity contribution < 1.29 is 0 Å². The third-order valence-electron chi connectivity index (χ3n) is 15.9. The van der Waals surface area contributed by atoms with Gasteiger partial charge >= 0.3 is 0 Å². The van der Waals surface area contributed by atoms with E-state index in [0.29, 0.717) is 5.82 Å². The Kier molecular flexibility index (Phi) is 10.5. The lowest BCUT2D eigenvalue weighted by atomic mass is 9.85. The summed E-state index contributed by atoms with van der Waals surface area (Å²) >= 11 is 0. The molecule has 0 radical (unpaired) electrons. The van der Waals surface area contributed by atoms with Crippen LogP contribution in [-0.4, -0.2) is 23.7 Å². The first-order chi connectivity index (χ1) is 36.1. The molecular weight excluding hydrogens is 911 g/mol. The Morgan fingerprint density at radius 1 is 0.320 bits per heavy atom. The van der Waals surface area contributed by atoms with Crippen LogP contribution in [0.2, 0.25) is 0 Å². The lowest BCUT2D eigenvalue weighted by molar-refractivity contribution is 0.590. The van der Waals surface area contributed by atoms with Crippen molar-refractivity contribution in [2.24, 2.45) is 0 Å². The summed E-state index contributed by atoms with van der Waals surface area (Å²) in [4.78, 5) is 11.2. The van der Waals surface area contributed by atoms with Gasteiger partial charge in [-0.05, 0) is 139 Å². The minimum Gasteiger partial charge on any atom is -0.307 e. The second kappa shape index (κ2) is 17.0. The molecule has 0 atom stereocenters. The lowest BCUT2D eigenvalue weighted by Gasteiger charge is -2.24. The van der Waals surface area contributed by atoms with Gasteiger partial charge in [0.1, 0.15) is 0 Å². The van der Waals surface area contributed by atoms with Crippen molar-refractivity contribution in [3.63, 3.8) is 0 Å². The fraction of sp³-hybridized carbons (Fsp3) is 0.171. The lowest BCUT2D eigenvalue weighted by Crippen LogP contribution is -2.12. The normalized spacial score (nSPS) is 12.4. The van der Waals surface area contributed by atoms with E-state index < -0.39 is 0 Å². The number of benzene rings is 9. The Bertz CT molecular complexity index is 4060. The minimum atomic E-state index is -0.0585. The van der Waals surface area contributed by atoms with Gasteiger partial charge in [0, 0.05) is 49.0 Å². The largest absolute Gasteiger partial charge is 0.307 e. The molecule has 75 heavy (non-hydrogen) atoms. The molecule has 0 unspecified atom stereocenters. The minimum absolute atomic E-state index is 0.0585. The highest BCUT2D eigenvalue weighted by Gasteiger charge is 2.29. The summed E-state index contributed by atoms with van der Waals surface area (Å²) in [5, 5.41) is 7.28. The monoisotopic (exact) mass is 971 g/mol. The molecule has 0 aliphatic heterocycles. The zero-order valence-electron chi connectivity index (χ0n) is 44.6. The first-order valence-electron chi connectivity index (χ1n) is 26.4. The van der Waals surface area contributed by atoms with Crippen LogP contribution in [0.3, 0.4) is 0 Å². The maximum atomic E-state index is 5.70. The summed E-state index contributed by atoms with van der Waals surface area (Å²) < 4.78 is 7.62. The van der Waals surface area contributed by atoms with Crippen LogP contribution in [0.15, 0.2) is 188 Å². The molecule has 366 valence electrons. The second-order valence-electron chi connectivity index (χ2n) is 22.9. The topological polar surface area (TPSA) is 40.6 Å². The number of aromatic nitrogens is 5. The quantitative estimate of drug-likeness (QED) is 0.167. The van der Waals surface area contributed by atoms with Crippen LogP contribution in [0.4, 0.5) is 0 Å². The molecule has 0 N–H and O–H groups in total. The van der Waals surface area contributed by atoms with Gasteiger partial charge in [0.2, 0.25) is 0 Å². The van der Waals surface area contributed by atoms with Gasteiger partial charge in [0.25, 0.3) is 0 Å². The molecule has 13 rings (SSSR count). The van der Waals surface area contributed by atoms with Gasteiger partial charge in [-0.2, -0.15) is 0 Å². The van der Waals surface area contributed by atoms with Gasteiger partial charge in [0.15, 0.2) is 5.82 Å². The van der Waals surface area contributed by atoms with Gasteiger partial charge in [-0.25, -0.2) is 9.97 Å². The average molecular weight is 972 g/mol. The number of fused-ring (bicyclic) bond motifs is 9. The molecule has 5 heteroatoms.